The number of hydrogen-bond acceptors (Lipinski definition) is 7. The molecule has 1 heterocycles. The summed E-state index contributed by atoms with van der Waals surface area (Å²) in [6.07, 6.45) is 0. The molecule has 8 nitrogen and oxygen atoms in total. The van der Waals surface area contributed by atoms with Gasteiger partial charge in [-0.25, -0.2) is 0 Å². The molecular weight excluding hydrogens is 386 g/mol. The van der Waals surface area contributed by atoms with Crippen LogP contribution in [0.15, 0.2) is 54.6 Å². The van der Waals surface area contributed by atoms with Crippen LogP contribution in [0.3, 0.4) is 0 Å². The van der Waals surface area contributed by atoms with Gasteiger partial charge < -0.3 is 24.3 Å². The quantitative estimate of drug-likeness (QED) is 0.543. The molecule has 0 saturated carbocycles. The smallest absolute Gasteiger partial charge is 0.251 e. The fourth-order valence-corrected chi connectivity index (χ4v) is 2.71. The van der Waals surface area contributed by atoms with Crippen molar-refractivity contribution in [2.24, 2.45) is 0 Å². The van der Waals surface area contributed by atoms with E-state index >= 15 is 0 Å². The van der Waals surface area contributed by atoms with Gasteiger partial charge in [-0.05, 0) is 48.5 Å². The maximum atomic E-state index is 12.3. The Hall–Kier alpha value is -3.81. The monoisotopic (exact) mass is 409 g/mol. The van der Waals surface area contributed by atoms with Crippen LogP contribution in [0.25, 0.3) is 11.3 Å². The minimum Gasteiger partial charge on any atom is -0.497 e. The lowest BCUT2D eigenvalue weighted by atomic mass is 10.1. The predicted octanol–water partition coefficient (Wildman–Crippen LogP) is 2.98. The summed E-state index contributed by atoms with van der Waals surface area (Å²) in [5.74, 6) is 1.98. The Labute approximate surface area is 174 Å². The molecule has 0 unspecified atom stereocenters. The van der Waals surface area contributed by atoms with E-state index in [-0.39, 0.29) is 12.5 Å². The van der Waals surface area contributed by atoms with Crippen LogP contribution in [0.5, 0.6) is 23.1 Å². The largest absolute Gasteiger partial charge is 0.497 e. The molecule has 0 aliphatic rings. The molecule has 0 aliphatic heterocycles. The fraction of sp³-hybridized carbons (Fsp3) is 0.227. The summed E-state index contributed by atoms with van der Waals surface area (Å²) in [6, 6.07) is 16.1. The number of ether oxygens (including phenoxy) is 4. The lowest BCUT2D eigenvalue weighted by Crippen LogP contribution is -2.28. The summed E-state index contributed by atoms with van der Waals surface area (Å²) in [6.45, 7) is 0.574. The number of hydrogen-bond donors (Lipinski definition) is 1. The predicted molar refractivity (Wildman–Crippen MR) is 111 cm³/mol. The third-order valence-corrected chi connectivity index (χ3v) is 4.31. The summed E-state index contributed by atoms with van der Waals surface area (Å²) in [7, 11) is 4.69. The first kappa shape index (κ1) is 20.9. The highest BCUT2D eigenvalue weighted by Crippen LogP contribution is 2.27. The molecule has 156 valence electrons. The van der Waals surface area contributed by atoms with E-state index in [1.54, 1.807) is 38.5 Å². The number of carbonyl (C=O) groups excluding carboxylic acids is 1. The summed E-state index contributed by atoms with van der Waals surface area (Å²) in [5.41, 5.74) is 2.13. The molecule has 3 rings (SSSR count). The van der Waals surface area contributed by atoms with Crippen molar-refractivity contribution >= 4 is 5.91 Å². The van der Waals surface area contributed by atoms with E-state index in [1.807, 2.05) is 30.3 Å². The summed E-state index contributed by atoms with van der Waals surface area (Å²) in [5, 5.41) is 11.0. The molecular formula is C22H23N3O5. The Kier molecular flexibility index (Phi) is 7.05. The Bertz CT molecular complexity index is 975. The Morgan fingerprint density at radius 1 is 0.867 bits per heavy atom. The minimum atomic E-state index is -0.236. The SMILES string of the molecule is COc1ccc(-c2ccc(OCCNC(=O)c3ccc(OC)c(OC)c3)nn2)cc1. The van der Waals surface area contributed by atoms with E-state index in [4.69, 9.17) is 18.9 Å². The van der Waals surface area contributed by atoms with Gasteiger partial charge in [0.15, 0.2) is 11.5 Å². The van der Waals surface area contributed by atoms with E-state index in [1.165, 1.54) is 7.11 Å². The van der Waals surface area contributed by atoms with Gasteiger partial charge in [-0.15, -0.1) is 10.2 Å². The summed E-state index contributed by atoms with van der Waals surface area (Å²) < 4.78 is 21.1. The molecule has 1 amide bonds. The number of carbonyl (C=O) groups is 1. The molecule has 0 saturated heterocycles. The molecule has 8 heteroatoms. The standard InChI is InChI=1S/C22H23N3O5/c1-27-17-7-4-15(5-8-17)18-9-11-21(25-24-18)30-13-12-23-22(26)16-6-10-19(28-2)20(14-16)29-3/h4-11,14H,12-13H2,1-3H3,(H,23,26). The maximum Gasteiger partial charge on any atom is 0.251 e. The molecule has 0 radical (unpaired) electrons. The molecule has 30 heavy (non-hydrogen) atoms. The van der Waals surface area contributed by atoms with Gasteiger partial charge in [0, 0.05) is 17.2 Å². The first-order chi connectivity index (χ1) is 14.6. The summed E-state index contributed by atoms with van der Waals surface area (Å²) in [4.78, 5) is 12.3. The van der Waals surface area contributed by atoms with E-state index in [2.05, 4.69) is 15.5 Å². The molecule has 0 atom stereocenters. The number of nitrogens with one attached hydrogen (secondary N) is 1. The number of amides is 1. The van der Waals surface area contributed by atoms with Crippen LogP contribution in [0.4, 0.5) is 0 Å². The summed E-state index contributed by atoms with van der Waals surface area (Å²) >= 11 is 0. The highest BCUT2D eigenvalue weighted by Gasteiger charge is 2.10. The average molecular weight is 409 g/mol. The van der Waals surface area contributed by atoms with Gasteiger partial charge in [-0.1, -0.05) is 0 Å². The molecule has 0 fully saturated rings. The molecule has 0 spiro atoms. The van der Waals surface area contributed by atoms with E-state index in [0.717, 1.165) is 17.0 Å². The number of methoxy groups -OCH3 is 3. The van der Waals surface area contributed by atoms with Gasteiger partial charge >= 0.3 is 0 Å². The van der Waals surface area contributed by atoms with E-state index in [9.17, 15) is 4.79 Å². The van der Waals surface area contributed by atoms with Crippen LogP contribution >= 0.6 is 0 Å². The van der Waals surface area contributed by atoms with Crippen molar-refractivity contribution in [2.75, 3.05) is 34.5 Å². The highest BCUT2D eigenvalue weighted by atomic mass is 16.5. The first-order valence-corrected chi connectivity index (χ1v) is 9.25. The first-order valence-electron chi connectivity index (χ1n) is 9.25. The molecule has 0 bridgehead atoms. The van der Waals surface area contributed by atoms with Gasteiger partial charge in [0.25, 0.3) is 5.91 Å². The van der Waals surface area contributed by atoms with E-state index in [0.29, 0.717) is 29.5 Å². The van der Waals surface area contributed by atoms with Gasteiger partial charge in [-0.2, -0.15) is 0 Å². The van der Waals surface area contributed by atoms with Gasteiger partial charge in [0.2, 0.25) is 5.88 Å². The van der Waals surface area contributed by atoms with Crippen molar-refractivity contribution in [3.8, 4) is 34.4 Å². The van der Waals surface area contributed by atoms with E-state index < -0.39 is 0 Å². The Morgan fingerprint density at radius 3 is 2.27 bits per heavy atom. The van der Waals surface area contributed by atoms with Gasteiger partial charge in [-0.3, -0.25) is 4.79 Å². The van der Waals surface area contributed by atoms with Crippen LogP contribution in [0, 0.1) is 0 Å². The lowest BCUT2D eigenvalue weighted by molar-refractivity contribution is 0.0946. The van der Waals surface area contributed by atoms with Crippen molar-refractivity contribution in [3.63, 3.8) is 0 Å². The molecule has 1 N–H and O–H groups in total. The number of benzene rings is 2. The zero-order valence-electron chi connectivity index (χ0n) is 17.0. The van der Waals surface area contributed by atoms with Crippen LogP contribution < -0.4 is 24.3 Å². The second-order valence-corrected chi connectivity index (χ2v) is 6.16. The fourth-order valence-electron chi connectivity index (χ4n) is 2.71. The normalized spacial score (nSPS) is 10.2. The Morgan fingerprint density at radius 2 is 1.63 bits per heavy atom. The van der Waals surface area contributed by atoms with Gasteiger partial charge in [0.1, 0.15) is 12.4 Å². The van der Waals surface area contributed by atoms with Crippen molar-refractivity contribution in [2.45, 2.75) is 0 Å². The van der Waals surface area contributed by atoms with Crippen LogP contribution in [0.2, 0.25) is 0 Å². The zero-order valence-corrected chi connectivity index (χ0v) is 17.0. The second-order valence-electron chi connectivity index (χ2n) is 6.16. The zero-order chi connectivity index (χ0) is 21.3. The van der Waals surface area contributed by atoms with Crippen molar-refractivity contribution in [1.82, 2.24) is 15.5 Å². The molecule has 1 aromatic heterocycles. The number of rotatable bonds is 9. The van der Waals surface area contributed by atoms with Crippen LogP contribution in [-0.4, -0.2) is 50.6 Å². The topological polar surface area (TPSA) is 91.8 Å². The van der Waals surface area contributed by atoms with Crippen molar-refractivity contribution < 1.29 is 23.7 Å². The Balaban J connectivity index is 1.48. The molecule has 0 aliphatic carbocycles. The number of nitrogens with zero attached hydrogens (tertiary/aromatic N) is 2. The third kappa shape index (κ3) is 5.16. The van der Waals surface area contributed by atoms with Crippen molar-refractivity contribution in [1.29, 1.82) is 0 Å². The highest BCUT2D eigenvalue weighted by molar-refractivity contribution is 5.94. The van der Waals surface area contributed by atoms with Crippen LogP contribution in [-0.2, 0) is 0 Å². The second kappa shape index (κ2) is 10.1. The third-order valence-electron chi connectivity index (χ3n) is 4.31. The molecule has 3 aromatic rings. The van der Waals surface area contributed by atoms with Crippen LogP contribution in [0.1, 0.15) is 10.4 Å². The average Bonchev–Trinajstić information content (AvgIpc) is 2.81. The maximum absolute atomic E-state index is 12.3. The molecule has 2 aromatic carbocycles. The van der Waals surface area contributed by atoms with Crippen molar-refractivity contribution in [3.05, 3.63) is 60.2 Å². The van der Waals surface area contributed by atoms with Gasteiger partial charge in [0.05, 0.1) is 33.6 Å². The number of aromatic nitrogens is 2. The lowest BCUT2D eigenvalue weighted by Gasteiger charge is -2.10. The minimum absolute atomic E-state index is 0.236.